The molecule has 0 unspecified atom stereocenters. The van der Waals surface area contributed by atoms with Crippen LogP contribution < -0.4 is 11.1 Å². The van der Waals surface area contributed by atoms with Gasteiger partial charge in [0.2, 0.25) is 5.91 Å². The molecular weight excluding hydrogens is 361 g/mol. The Morgan fingerprint density at radius 1 is 1.36 bits per heavy atom. The molecule has 0 saturated heterocycles. The summed E-state index contributed by atoms with van der Waals surface area (Å²) in [6.07, 6.45) is 0.751. The van der Waals surface area contributed by atoms with E-state index < -0.39 is 5.91 Å². The summed E-state index contributed by atoms with van der Waals surface area (Å²) in [5.41, 5.74) is 6.93. The smallest absolute Gasteiger partial charge is 0.251 e. The number of halogens is 1. The predicted octanol–water partition coefficient (Wildman–Crippen LogP) is 2.70. The van der Waals surface area contributed by atoms with Crippen LogP contribution in [-0.2, 0) is 17.8 Å². The number of benzene rings is 1. The Balaban J connectivity index is 1.70. The summed E-state index contributed by atoms with van der Waals surface area (Å²) in [5, 5.41) is 3.34. The van der Waals surface area contributed by atoms with Gasteiger partial charge in [-0.15, -0.1) is 23.1 Å². The van der Waals surface area contributed by atoms with Crippen LogP contribution in [-0.4, -0.2) is 36.1 Å². The summed E-state index contributed by atoms with van der Waals surface area (Å²) in [5.74, 6) is -0.867. The van der Waals surface area contributed by atoms with Gasteiger partial charge in [0.1, 0.15) is 10.8 Å². The van der Waals surface area contributed by atoms with E-state index in [-0.39, 0.29) is 17.5 Å². The number of hydrogen-bond donors (Lipinski definition) is 2. The molecule has 3 N–H and O–H groups in total. The first-order chi connectivity index (χ1) is 11.9. The zero-order valence-corrected chi connectivity index (χ0v) is 15.3. The molecule has 1 aliphatic rings. The predicted molar refractivity (Wildman–Crippen MR) is 98.6 cm³/mol. The summed E-state index contributed by atoms with van der Waals surface area (Å²) in [6, 6.07) is 5.97. The molecule has 0 atom stereocenters. The van der Waals surface area contributed by atoms with Crippen LogP contribution in [0.3, 0.4) is 0 Å². The maximum absolute atomic E-state index is 12.9. The van der Waals surface area contributed by atoms with Crippen molar-refractivity contribution < 1.29 is 14.0 Å². The van der Waals surface area contributed by atoms with Crippen LogP contribution >= 0.6 is 23.1 Å². The van der Waals surface area contributed by atoms with Crippen molar-refractivity contribution in [2.75, 3.05) is 24.7 Å². The standard InChI is InChI=1S/C17H18FN3O2S2/c1-21-7-6-12-13(8-21)25-17(15(12)16(19)23)20-14(22)9-24-11-4-2-10(18)3-5-11/h2-5H,6-9H2,1H3,(H2,19,23)(H,20,22). The number of amides is 2. The molecule has 0 saturated carbocycles. The average Bonchev–Trinajstić information content (AvgIpc) is 2.91. The zero-order valence-electron chi connectivity index (χ0n) is 13.7. The number of hydrogen-bond acceptors (Lipinski definition) is 5. The van der Waals surface area contributed by atoms with Crippen LogP contribution in [0, 0.1) is 5.82 Å². The van der Waals surface area contributed by atoms with Gasteiger partial charge in [-0.3, -0.25) is 9.59 Å². The second-order valence-corrected chi connectivity index (χ2v) is 8.00. The van der Waals surface area contributed by atoms with Gasteiger partial charge >= 0.3 is 0 Å². The summed E-state index contributed by atoms with van der Waals surface area (Å²) in [4.78, 5) is 28.1. The van der Waals surface area contributed by atoms with Gasteiger partial charge in [0, 0.05) is 22.9 Å². The number of primary amides is 1. The largest absolute Gasteiger partial charge is 0.365 e. The molecule has 2 amide bonds. The highest BCUT2D eigenvalue weighted by Crippen LogP contribution is 2.36. The SMILES string of the molecule is CN1CCc2c(sc(NC(=O)CSc3ccc(F)cc3)c2C(N)=O)C1. The molecule has 0 spiro atoms. The van der Waals surface area contributed by atoms with E-state index in [1.54, 1.807) is 12.1 Å². The Labute approximate surface area is 153 Å². The minimum atomic E-state index is -0.511. The Bertz CT molecular complexity index is 805. The topological polar surface area (TPSA) is 75.4 Å². The van der Waals surface area contributed by atoms with E-state index in [1.165, 1.54) is 35.2 Å². The Hall–Kier alpha value is -1.90. The van der Waals surface area contributed by atoms with Gasteiger partial charge in [-0.1, -0.05) is 0 Å². The molecule has 1 aromatic carbocycles. The van der Waals surface area contributed by atoms with Crippen molar-refractivity contribution >= 4 is 39.9 Å². The number of nitrogens with two attached hydrogens (primary N) is 1. The number of thioether (sulfide) groups is 1. The molecule has 5 nitrogen and oxygen atoms in total. The van der Waals surface area contributed by atoms with E-state index in [4.69, 9.17) is 5.73 Å². The van der Waals surface area contributed by atoms with Gasteiger partial charge in [0.25, 0.3) is 5.91 Å². The first-order valence-electron chi connectivity index (χ1n) is 7.75. The molecule has 1 aliphatic heterocycles. The fourth-order valence-electron chi connectivity index (χ4n) is 2.72. The molecule has 132 valence electrons. The maximum Gasteiger partial charge on any atom is 0.251 e. The minimum absolute atomic E-state index is 0.173. The highest BCUT2D eigenvalue weighted by molar-refractivity contribution is 8.00. The highest BCUT2D eigenvalue weighted by Gasteiger charge is 2.26. The molecule has 0 radical (unpaired) electrons. The summed E-state index contributed by atoms with van der Waals surface area (Å²) in [6.45, 7) is 1.61. The Morgan fingerprint density at radius 2 is 2.08 bits per heavy atom. The molecule has 2 heterocycles. The third-order valence-electron chi connectivity index (χ3n) is 3.93. The average molecular weight is 379 g/mol. The lowest BCUT2D eigenvalue weighted by Crippen LogP contribution is -2.27. The summed E-state index contributed by atoms with van der Waals surface area (Å²) in [7, 11) is 2.02. The lowest BCUT2D eigenvalue weighted by molar-refractivity contribution is -0.113. The number of rotatable bonds is 5. The van der Waals surface area contributed by atoms with E-state index >= 15 is 0 Å². The van der Waals surface area contributed by atoms with E-state index in [0.29, 0.717) is 10.6 Å². The van der Waals surface area contributed by atoms with Gasteiger partial charge in [-0.05, 0) is 43.3 Å². The molecule has 0 fully saturated rings. The van der Waals surface area contributed by atoms with Crippen molar-refractivity contribution in [3.8, 4) is 0 Å². The molecule has 8 heteroatoms. The van der Waals surface area contributed by atoms with Crippen LogP contribution in [0.15, 0.2) is 29.2 Å². The van der Waals surface area contributed by atoms with Gasteiger partial charge < -0.3 is 16.0 Å². The van der Waals surface area contributed by atoms with Gasteiger partial charge in [-0.2, -0.15) is 0 Å². The van der Waals surface area contributed by atoms with Crippen molar-refractivity contribution in [3.63, 3.8) is 0 Å². The van der Waals surface area contributed by atoms with Crippen LogP contribution in [0.25, 0.3) is 0 Å². The molecule has 2 aromatic rings. The lowest BCUT2D eigenvalue weighted by atomic mass is 10.0. The third kappa shape index (κ3) is 4.20. The van der Waals surface area contributed by atoms with Crippen LogP contribution in [0.2, 0.25) is 0 Å². The van der Waals surface area contributed by atoms with Crippen molar-refractivity contribution in [1.82, 2.24) is 4.90 Å². The van der Waals surface area contributed by atoms with Crippen molar-refractivity contribution in [2.45, 2.75) is 17.9 Å². The van der Waals surface area contributed by atoms with Crippen LogP contribution in [0.5, 0.6) is 0 Å². The number of likely N-dealkylation sites (N-methyl/N-ethyl adjacent to an activating group) is 1. The molecular formula is C17H18FN3O2S2. The normalized spacial score (nSPS) is 14.2. The van der Waals surface area contributed by atoms with Gasteiger partial charge in [0.05, 0.1) is 11.3 Å². The number of thiophene rings is 1. The van der Waals surface area contributed by atoms with Crippen LogP contribution in [0.4, 0.5) is 9.39 Å². The van der Waals surface area contributed by atoms with Crippen LogP contribution in [0.1, 0.15) is 20.8 Å². The number of carbonyl (C=O) groups excluding carboxylic acids is 2. The minimum Gasteiger partial charge on any atom is -0.365 e. The van der Waals surface area contributed by atoms with E-state index in [2.05, 4.69) is 10.2 Å². The number of nitrogens with one attached hydrogen (secondary N) is 1. The highest BCUT2D eigenvalue weighted by atomic mass is 32.2. The Kier molecular flexibility index (Phi) is 5.41. The first kappa shape index (κ1) is 17.9. The molecule has 1 aromatic heterocycles. The maximum atomic E-state index is 12.9. The fourth-order valence-corrected chi connectivity index (χ4v) is 4.77. The van der Waals surface area contributed by atoms with E-state index in [1.807, 2.05) is 7.05 Å². The first-order valence-corrected chi connectivity index (χ1v) is 9.55. The van der Waals surface area contributed by atoms with Crippen molar-refractivity contribution in [2.24, 2.45) is 5.73 Å². The van der Waals surface area contributed by atoms with E-state index in [0.717, 1.165) is 34.8 Å². The summed E-state index contributed by atoms with van der Waals surface area (Å²) >= 11 is 2.72. The lowest BCUT2D eigenvalue weighted by Gasteiger charge is -2.22. The fraction of sp³-hybridized carbons (Fsp3) is 0.294. The number of fused-ring (bicyclic) bond motifs is 1. The monoisotopic (exact) mass is 379 g/mol. The molecule has 0 aliphatic carbocycles. The second-order valence-electron chi connectivity index (χ2n) is 5.85. The molecule has 0 bridgehead atoms. The molecule has 3 rings (SSSR count). The van der Waals surface area contributed by atoms with Crippen molar-refractivity contribution in [1.29, 1.82) is 0 Å². The number of carbonyl (C=O) groups is 2. The molecule has 25 heavy (non-hydrogen) atoms. The number of anilines is 1. The Morgan fingerprint density at radius 3 is 2.76 bits per heavy atom. The van der Waals surface area contributed by atoms with Crippen molar-refractivity contribution in [3.05, 3.63) is 46.1 Å². The zero-order chi connectivity index (χ0) is 18.0. The number of nitrogens with zero attached hydrogens (tertiary/aromatic N) is 1. The third-order valence-corrected chi connectivity index (χ3v) is 6.07. The van der Waals surface area contributed by atoms with Gasteiger partial charge in [0.15, 0.2) is 0 Å². The second kappa shape index (κ2) is 7.55. The quantitative estimate of drug-likeness (QED) is 0.784. The summed E-state index contributed by atoms with van der Waals surface area (Å²) < 4.78 is 12.9. The van der Waals surface area contributed by atoms with E-state index in [9.17, 15) is 14.0 Å². The van der Waals surface area contributed by atoms with Gasteiger partial charge in [-0.25, -0.2) is 4.39 Å².